The van der Waals surface area contributed by atoms with Crippen LogP contribution in [0.1, 0.15) is 44.1 Å². The quantitative estimate of drug-likeness (QED) is 0.870. The lowest BCUT2D eigenvalue weighted by Gasteiger charge is -2.37. The molecule has 1 saturated carbocycles. The Balaban J connectivity index is 2.20. The van der Waals surface area contributed by atoms with E-state index in [0.29, 0.717) is 12.0 Å². The molecular formula is C17H24N2OS. The van der Waals surface area contributed by atoms with Crippen LogP contribution in [0, 0.1) is 5.92 Å². The fourth-order valence-electron chi connectivity index (χ4n) is 3.31. The number of thiocarbonyl (C=S) groups is 1. The van der Waals surface area contributed by atoms with Gasteiger partial charge in [-0.25, -0.2) is 0 Å². The highest BCUT2D eigenvalue weighted by atomic mass is 32.1. The Bertz CT molecular complexity index is 503. The number of rotatable bonds is 4. The van der Waals surface area contributed by atoms with Gasteiger partial charge in [-0.1, -0.05) is 62.3 Å². The topological polar surface area (TPSA) is 46.3 Å². The number of benzene rings is 1. The van der Waals surface area contributed by atoms with Crippen LogP contribution in [0.3, 0.4) is 0 Å². The van der Waals surface area contributed by atoms with Crippen LogP contribution in [-0.2, 0) is 4.79 Å². The lowest BCUT2D eigenvalue weighted by atomic mass is 9.84. The molecule has 3 atom stereocenters. The largest absolute Gasteiger partial charge is 0.392 e. The van der Waals surface area contributed by atoms with Crippen molar-refractivity contribution >= 4 is 23.1 Å². The Hall–Kier alpha value is -1.42. The predicted molar refractivity (Wildman–Crippen MR) is 90.2 cm³/mol. The lowest BCUT2D eigenvalue weighted by Crippen LogP contribution is -2.46. The minimum Gasteiger partial charge on any atom is -0.392 e. The van der Waals surface area contributed by atoms with Crippen LogP contribution in [0.15, 0.2) is 30.3 Å². The maximum atomic E-state index is 12.9. The van der Waals surface area contributed by atoms with E-state index < -0.39 is 5.92 Å². The molecule has 0 radical (unpaired) electrons. The Morgan fingerprint density at radius 1 is 1.29 bits per heavy atom. The highest BCUT2D eigenvalue weighted by molar-refractivity contribution is 7.80. The van der Waals surface area contributed by atoms with Gasteiger partial charge >= 0.3 is 0 Å². The van der Waals surface area contributed by atoms with Gasteiger partial charge in [0.05, 0.1) is 4.99 Å². The van der Waals surface area contributed by atoms with E-state index in [1.807, 2.05) is 42.3 Å². The maximum Gasteiger partial charge on any atom is 0.236 e. The number of nitrogens with two attached hydrogens (primary N) is 1. The fraction of sp³-hybridized carbons (Fsp3) is 0.529. The summed E-state index contributed by atoms with van der Waals surface area (Å²) in [6.07, 6.45) is 4.71. The number of carbonyl (C=O) groups excluding carboxylic acids is 1. The van der Waals surface area contributed by atoms with Gasteiger partial charge in [-0.3, -0.25) is 4.79 Å². The average Bonchev–Trinajstić information content (AvgIpc) is 2.48. The Kier molecular flexibility index (Phi) is 5.34. The first-order chi connectivity index (χ1) is 10.0. The summed E-state index contributed by atoms with van der Waals surface area (Å²) in [4.78, 5) is 15.0. The average molecular weight is 304 g/mol. The summed E-state index contributed by atoms with van der Waals surface area (Å²) in [6.45, 7) is 2.23. The van der Waals surface area contributed by atoms with Crippen molar-refractivity contribution in [2.24, 2.45) is 11.7 Å². The maximum absolute atomic E-state index is 12.9. The van der Waals surface area contributed by atoms with Crippen molar-refractivity contribution in [2.45, 2.75) is 44.6 Å². The summed E-state index contributed by atoms with van der Waals surface area (Å²) in [7, 11) is 1.89. The molecule has 1 aliphatic rings. The highest BCUT2D eigenvalue weighted by Gasteiger charge is 2.33. The van der Waals surface area contributed by atoms with Crippen molar-refractivity contribution < 1.29 is 4.79 Å². The molecule has 1 aromatic rings. The molecule has 0 heterocycles. The molecule has 0 spiro atoms. The van der Waals surface area contributed by atoms with Crippen molar-refractivity contribution in [3.05, 3.63) is 35.9 Å². The van der Waals surface area contributed by atoms with E-state index in [1.54, 1.807) is 0 Å². The molecule has 1 aliphatic carbocycles. The van der Waals surface area contributed by atoms with E-state index in [4.69, 9.17) is 18.0 Å². The van der Waals surface area contributed by atoms with Crippen LogP contribution in [0.2, 0.25) is 0 Å². The summed E-state index contributed by atoms with van der Waals surface area (Å²) >= 11 is 5.16. The molecule has 0 bridgehead atoms. The van der Waals surface area contributed by atoms with Gasteiger partial charge in [-0.05, 0) is 24.3 Å². The van der Waals surface area contributed by atoms with E-state index in [1.165, 1.54) is 19.3 Å². The summed E-state index contributed by atoms with van der Waals surface area (Å²) in [6, 6.07) is 9.89. The number of nitrogens with zero attached hydrogens (tertiary/aromatic N) is 1. The number of amides is 1. The Labute approximate surface area is 132 Å². The van der Waals surface area contributed by atoms with Crippen LogP contribution in [0.5, 0.6) is 0 Å². The lowest BCUT2D eigenvalue weighted by molar-refractivity contribution is -0.133. The van der Waals surface area contributed by atoms with Crippen LogP contribution < -0.4 is 5.73 Å². The third-order valence-electron chi connectivity index (χ3n) is 4.58. The summed E-state index contributed by atoms with van der Waals surface area (Å²) in [5.41, 5.74) is 6.74. The molecule has 3 unspecified atom stereocenters. The minimum atomic E-state index is -0.514. The second-order valence-electron chi connectivity index (χ2n) is 6.02. The van der Waals surface area contributed by atoms with Gasteiger partial charge in [0.15, 0.2) is 0 Å². The molecule has 0 aromatic heterocycles. The summed E-state index contributed by atoms with van der Waals surface area (Å²) < 4.78 is 0. The number of likely N-dealkylation sites (N-methyl/N-ethyl adjacent to an activating group) is 1. The zero-order chi connectivity index (χ0) is 15.4. The summed E-state index contributed by atoms with van der Waals surface area (Å²) in [5.74, 6) is 0.0447. The van der Waals surface area contributed by atoms with Crippen LogP contribution in [0.25, 0.3) is 0 Å². The normalized spacial score (nSPS) is 23.3. The molecule has 3 nitrogen and oxygen atoms in total. The molecule has 2 rings (SSSR count). The van der Waals surface area contributed by atoms with Crippen molar-refractivity contribution in [2.75, 3.05) is 7.05 Å². The Morgan fingerprint density at radius 3 is 2.48 bits per heavy atom. The first-order valence-electron chi connectivity index (χ1n) is 7.63. The fourth-order valence-corrected chi connectivity index (χ4v) is 3.55. The van der Waals surface area contributed by atoms with Crippen molar-refractivity contribution in [1.82, 2.24) is 4.90 Å². The molecule has 1 amide bonds. The van der Waals surface area contributed by atoms with Crippen LogP contribution >= 0.6 is 12.2 Å². The first-order valence-corrected chi connectivity index (χ1v) is 8.04. The van der Waals surface area contributed by atoms with Crippen molar-refractivity contribution in [1.29, 1.82) is 0 Å². The first kappa shape index (κ1) is 16.0. The van der Waals surface area contributed by atoms with E-state index in [0.717, 1.165) is 12.0 Å². The van der Waals surface area contributed by atoms with E-state index >= 15 is 0 Å². The van der Waals surface area contributed by atoms with Crippen molar-refractivity contribution in [3.8, 4) is 0 Å². The van der Waals surface area contributed by atoms with Crippen LogP contribution in [0.4, 0.5) is 0 Å². The van der Waals surface area contributed by atoms with E-state index in [2.05, 4.69) is 6.92 Å². The zero-order valence-corrected chi connectivity index (χ0v) is 13.6. The molecule has 1 fully saturated rings. The number of hydrogen-bond donors (Lipinski definition) is 1. The van der Waals surface area contributed by atoms with Gasteiger partial charge in [0.25, 0.3) is 0 Å². The van der Waals surface area contributed by atoms with E-state index in [9.17, 15) is 4.79 Å². The monoisotopic (exact) mass is 304 g/mol. The smallest absolute Gasteiger partial charge is 0.236 e. The van der Waals surface area contributed by atoms with E-state index in [-0.39, 0.29) is 10.9 Å². The van der Waals surface area contributed by atoms with Gasteiger partial charge in [-0.15, -0.1) is 0 Å². The predicted octanol–water partition coefficient (Wildman–Crippen LogP) is 3.09. The molecular weight excluding hydrogens is 280 g/mol. The third-order valence-corrected chi connectivity index (χ3v) is 4.81. The van der Waals surface area contributed by atoms with Gasteiger partial charge in [0, 0.05) is 13.1 Å². The van der Waals surface area contributed by atoms with Crippen molar-refractivity contribution in [3.63, 3.8) is 0 Å². The number of carbonyl (C=O) groups is 1. The zero-order valence-electron chi connectivity index (χ0n) is 12.8. The molecule has 0 saturated heterocycles. The van der Waals surface area contributed by atoms with Gasteiger partial charge in [0.2, 0.25) is 5.91 Å². The SMILES string of the molecule is CC1CCCCC1N(C)C(=O)C(C(N)=S)c1ccccc1. The molecule has 4 heteroatoms. The van der Waals surface area contributed by atoms with Gasteiger partial charge in [-0.2, -0.15) is 0 Å². The molecule has 21 heavy (non-hydrogen) atoms. The standard InChI is InChI=1S/C17H24N2OS/c1-12-8-6-7-11-14(12)19(2)17(20)15(16(18)21)13-9-4-3-5-10-13/h3-5,9-10,12,14-15H,6-8,11H2,1-2H3,(H2,18,21). The number of hydrogen-bond acceptors (Lipinski definition) is 2. The second kappa shape index (κ2) is 7.03. The van der Waals surface area contributed by atoms with Gasteiger partial charge in [0.1, 0.15) is 5.92 Å². The summed E-state index contributed by atoms with van der Waals surface area (Å²) in [5, 5.41) is 0. The molecule has 114 valence electrons. The molecule has 0 aliphatic heterocycles. The minimum absolute atomic E-state index is 0.0208. The molecule has 2 N–H and O–H groups in total. The van der Waals surface area contributed by atoms with Crippen LogP contribution in [-0.4, -0.2) is 28.9 Å². The second-order valence-corrected chi connectivity index (χ2v) is 6.50. The Morgan fingerprint density at radius 2 is 1.90 bits per heavy atom. The third kappa shape index (κ3) is 3.62. The molecule has 1 aromatic carbocycles. The highest BCUT2D eigenvalue weighted by Crippen LogP contribution is 2.29. The van der Waals surface area contributed by atoms with Gasteiger partial charge < -0.3 is 10.6 Å².